The van der Waals surface area contributed by atoms with Crippen molar-refractivity contribution < 1.29 is 0 Å². The van der Waals surface area contributed by atoms with Crippen LogP contribution in [0.5, 0.6) is 0 Å². The maximum absolute atomic E-state index is 5.82. The largest absolute Gasteiger partial charge is 0.328 e. The second-order valence-corrected chi connectivity index (χ2v) is 3.49. The fourth-order valence-electron chi connectivity index (χ4n) is 1.03. The zero-order valence-corrected chi connectivity index (χ0v) is 5.20. The SMILES string of the molecule is CC1(Cl)CC(N)C1. The molecule has 0 aromatic heterocycles. The molecule has 0 amide bonds. The predicted molar refractivity (Wildman–Crippen MR) is 31.5 cm³/mol. The summed E-state index contributed by atoms with van der Waals surface area (Å²) in [6.45, 7) is 2.03. The number of halogens is 1. The van der Waals surface area contributed by atoms with Gasteiger partial charge in [-0.05, 0) is 19.8 Å². The lowest BCUT2D eigenvalue weighted by atomic mass is 9.82. The van der Waals surface area contributed by atoms with Gasteiger partial charge in [-0.1, -0.05) is 0 Å². The minimum Gasteiger partial charge on any atom is -0.328 e. The van der Waals surface area contributed by atoms with Gasteiger partial charge in [-0.15, -0.1) is 11.6 Å². The first kappa shape index (κ1) is 5.39. The van der Waals surface area contributed by atoms with Gasteiger partial charge in [0.1, 0.15) is 0 Å². The Balaban J connectivity index is 2.29. The molecule has 1 aliphatic carbocycles. The summed E-state index contributed by atoms with van der Waals surface area (Å²) in [5, 5.41) is 0. The second kappa shape index (κ2) is 1.36. The maximum atomic E-state index is 5.82. The third-order valence-electron chi connectivity index (χ3n) is 1.38. The van der Waals surface area contributed by atoms with Gasteiger partial charge < -0.3 is 5.73 Å². The van der Waals surface area contributed by atoms with Gasteiger partial charge in [0.2, 0.25) is 0 Å². The molecule has 0 aliphatic heterocycles. The Labute approximate surface area is 48.8 Å². The van der Waals surface area contributed by atoms with Crippen molar-refractivity contribution in [2.24, 2.45) is 5.73 Å². The van der Waals surface area contributed by atoms with Gasteiger partial charge >= 0.3 is 0 Å². The van der Waals surface area contributed by atoms with E-state index in [1.807, 2.05) is 6.92 Å². The molecule has 1 fully saturated rings. The molecular weight excluding hydrogens is 110 g/mol. The molecule has 0 aromatic carbocycles. The van der Waals surface area contributed by atoms with Gasteiger partial charge in [-0.25, -0.2) is 0 Å². The van der Waals surface area contributed by atoms with E-state index in [2.05, 4.69) is 0 Å². The minimum absolute atomic E-state index is 0.0411. The summed E-state index contributed by atoms with van der Waals surface area (Å²) >= 11 is 5.82. The topological polar surface area (TPSA) is 26.0 Å². The van der Waals surface area contributed by atoms with Gasteiger partial charge in [0.25, 0.3) is 0 Å². The zero-order chi connectivity index (χ0) is 5.49. The predicted octanol–water partition coefficient (Wildman–Crippen LogP) is 1.11. The number of nitrogens with two attached hydrogens (primary N) is 1. The monoisotopic (exact) mass is 119 g/mol. The van der Waals surface area contributed by atoms with Gasteiger partial charge in [0.05, 0.1) is 0 Å². The Hall–Kier alpha value is 0.250. The summed E-state index contributed by atoms with van der Waals surface area (Å²) < 4.78 is 0. The van der Waals surface area contributed by atoms with Crippen molar-refractivity contribution >= 4 is 11.6 Å². The molecule has 1 aliphatic rings. The van der Waals surface area contributed by atoms with Crippen LogP contribution in [0.4, 0.5) is 0 Å². The van der Waals surface area contributed by atoms with Crippen LogP contribution in [0, 0.1) is 0 Å². The van der Waals surface area contributed by atoms with Crippen molar-refractivity contribution in [3.63, 3.8) is 0 Å². The second-order valence-electron chi connectivity index (χ2n) is 2.58. The van der Waals surface area contributed by atoms with Crippen molar-refractivity contribution in [3.8, 4) is 0 Å². The standard InChI is InChI=1S/C5H10ClN/c1-5(6)2-4(7)3-5/h4H,2-3,7H2,1H3. The Bertz CT molecular complexity index is 72.1. The molecule has 7 heavy (non-hydrogen) atoms. The van der Waals surface area contributed by atoms with E-state index in [9.17, 15) is 0 Å². The van der Waals surface area contributed by atoms with Crippen LogP contribution in [0.15, 0.2) is 0 Å². The van der Waals surface area contributed by atoms with Gasteiger partial charge in [0, 0.05) is 10.9 Å². The molecule has 0 spiro atoms. The van der Waals surface area contributed by atoms with Crippen LogP contribution in [-0.2, 0) is 0 Å². The van der Waals surface area contributed by atoms with Crippen LogP contribution >= 0.6 is 11.6 Å². The lowest BCUT2D eigenvalue weighted by Gasteiger charge is -2.37. The van der Waals surface area contributed by atoms with Crippen molar-refractivity contribution in [3.05, 3.63) is 0 Å². The molecule has 42 valence electrons. The molecule has 1 rings (SSSR count). The Kier molecular flexibility index (Phi) is 1.05. The van der Waals surface area contributed by atoms with Crippen LogP contribution in [-0.4, -0.2) is 10.9 Å². The van der Waals surface area contributed by atoms with Crippen LogP contribution in [0.3, 0.4) is 0 Å². The highest BCUT2D eigenvalue weighted by molar-refractivity contribution is 6.24. The van der Waals surface area contributed by atoms with Crippen molar-refractivity contribution in [2.75, 3.05) is 0 Å². The smallest absolute Gasteiger partial charge is 0.0448 e. The van der Waals surface area contributed by atoms with Crippen molar-refractivity contribution in [1.82, 2.24) is 0 Å². The van der Waals surface area contributed by atoms with Crippen LogP contribution in [0.1, 0.15) is 19.8 Å². The van der Waals surface area contributed by atoms with E-state index in [1.165, 1.54) is 0 Å². The summed E-state index contributed by atoms with van der Waals surface area (Å²) in [6, 6.07) is 0.377. The van der Waals surface area contributed by atoms with E-state index in [4.69, 9.17) is 17.3 Å². The Morgan fingerprint density at radius 1 is 1.71 bits per heavy atom. The van der Waals surface area contributed by atoms with Crippen LogP contribution in [0.25, 0.3) is 0 Å². The number of hydrogen-bond donors (Lipinski definition) is 1. The quantitative estimate of drug-likeness (QED) is 0.475. The molecule has 2 N–H and O–H groups in total. The fourth-order valence-corrected chi connectivity index (χ4v) is 1.43. The Morgan fingerprint density at radius 2 is 2.14 bits per heavy atom. The van der Waals surface area contributed by atoms with E-state index in [-0.39, 0.29) is 4.87 Å². The van der Waals surface area contributed by atoms with E-state index in [0.717, 1.165) is 12.8 Å². The number of hydrogen-bond acceptors (Lipinski definition) is 1. The van der Waals surface area contributed by atoms with E-state index >= 15 is 0 Å². The molecule has 0 atom stereocenters. The summed E-state index contributed by atoms with van der Waals surface area (Å²) in [5.74, 6) is 0. The molecule has 0 heterocycles. The van der Waals surface area contributed by atoms with Gasteiger partial charge in [-0.3, -0.25) is 0 Å². The van der Waals surface area contributed by atoms with Crippen LogP contribution in [0.2, 0.25) is 0 Å². The minimum atomic E-state index is 0.0411. The summed E-state index contributed by atoms with van der Waals surface area (Å²) in [4.78, 5) is 0.0411. The zero-order valence-electron chi connectivity index (χ0n) is 4.45. The highest BCUT2D eigenvalue weighted by Crippen LogP contribution is 2.36. The van der Waals surface area contributed by atoms with E-state index in [0.29, 0.717) is 6.04 Å². The third kappa shape index (κ3) is 1.07. The summed E-state index contributed by atoms with van der Waals surface area (Å²) in [6.07, 6.45) is 1.96. The summed E-state index contributed by atoms with van der Waals surface area (Å²) in [7, 11) is 0. The lowest BCUT2D eigenvalue weighted by Crippen LogP contribution is -2.45. The summed E-state index contributed by atoms with van der Waals surface area (Å²) in [5.41, 5.74) is 5.47. The molecular formula is C5H10ClN. The highest BCUT2D eigenvalue weighted by Gasteiger charge is 2.35. The number of rotatable bonds is 0. The van der Waals surface area contributed by atoms with Crippen molar-refractivity contribution in [1.29, 1.82) is 0 Å². The van der Waals surface area contributed by atoms with Crippen molar-refractivity contribution in [2.45, 2.75) is 30.7 Å². The average Bonchev–Trinajstić information content (AvgIpc) is 1.27. The average molecular weight is 120 g/mol. The maximum Gasteiger partial charge on any atom is 0.0448 e. The molecule has 0 saturated heterocycles. The first-order valence-electron chi connectivity index (χ1n) is 2.55. The number of alkyl halides is 1. The Morgan fingerprint density at radius 3 is 2.14 bits per heavy atom. The van der Waals surface area contributed by atoms with Gasteiger partial charge in [0.15, 0.2) is 0 Å². The van der Waals surface area contributed by atoms with E-state index < -0.39 is 0 Å². The van der Waals surface area contributed by atoms with E-state index in [1.54, 1.807) is 0 Å². The molecule has 2 heteroatoms. The highest BCUT2D eigenvalue weighted by atomic mass is 35.5. The first-order valence-corrected chi connectivity index (χ1v) is 2.92. The molecule has 1 nitrogen and oxygen atoms in total. The molecule has 0 radical (unpaired) electrons. The molecule has 0 unspecified atom stereocenters. The van der Waals surface area contributed by atoms with Crippen LogP contribution < -0.4 is 5.73 Å². The van der Waals surface area contributed by atoms with Gasteiger partial charge in [-0.2, -0.15) is 0 Å². The molecule has 0 aromatic rings. The first-order chi connectivity index (χ1) is 3.10. The third-order valence-corrected chi connectivity index (χ3v) is 1.68. The normalized spacial score (nSPS) is 51.0. The fraction of sp³-hybridized carbons (Fsp3) is 1.00. The molecule has 1 saturated carbocycles. The lowest BCUT2D eigenvalue weighted by molar-refractivity contribution is 0.321. The molecule has 0 bridgehead atoms.